The van der Waals surface area contributed by atoms with Crippen molar-refractivity contribution in [3.05, 3.63) is 96.6 Å². The Kier molecular flexibility index (Phi) is 14.3. The number of nitrogens with zero attached hydrogens (tertiary/aromatic N) is 1. The van der Waals surface area contributed by atoms with Crippen LogP contribution in [0.5, 0.6) is 0 Å². The first-order valence-electron chi connectivity index (χ1n) is 10.5. The molecule has 0 aliphatic rings. The lowest BCUT2D eigenvalue weighted by Gasteiger charge is -2.10. The van der Waals surface area contributed by atoms with Crippen molar-refractivity contribution in [2.75, 3.05) is 5.75 Å². The van der Waals surface area contributed by atoms with E-state index >= 15 is 0 Å². The van der Waals surface area contributed by atoms with Crippen molar-refractivity contribution >= 4 is 11.8 Å². The summed E-state index contributed by atoms with van der Waals surface area (Å²) in [7, 11) is 0. The average molecular weight is 406 g/mol. The number of thioether (sulfide) groups is 1. The SMILES string of the molecule is C=C(C#N)CCCCC(C)CCSCc1ccccc1.C=CCc1ccccc1. The molecule has 0 amide bonds. The zero-order valence-corrected chi connectivity index (χ0v) is 18.7. The predicted octanol–water partition coefficient (Wildman–Crippen LogP) is 8.00. The van der Waals surface area contributed by atoms with Gasteiger partial charge in [0.1, 0.15) is 0 Å². The van der Waals surface area contributed by atoms with Gasteiger partial charge < -0.3 is 0 Å². The van der Waals surface area contributed by atoms with Gasteiger partial charge in [0, 0.05) is 11.3 Å². The fraction of sp³-hybridized carbons (Fsp3) is 0.370. The van der Waals surface area contributed by atoms with Crippen molar-refractivity contribution < 1.29 is 0 Å². The summed E-state index contributed by atoms with van der Waals surface area (Å²) in [4.78, 5) is 0. The Balaban J connectivity index is 0.000000387. The lowest BCUT2D eigenvalue weighted by atomic mass is 10.00. The van der Waals surface area contributed by atoms with E-state index in [9.17, 15) is 0 Å². The van der Waals surface area contributed by atoms with E-state index in [2.05, 4.69) is 68.6 Å². The summed E-state index contributed by atoms with van der Waals surface area (Å²) in [5.41, 5.74) is 3.46. The first kappa shape index (κ1) is 24.8. The Labute approximate surface area is 182 Å². The maximum absolute atomic E-state index is 8.63. The Bertz CT molecular complexity index is 715. The van der Waals surface area contributed by atoms with Crippen LogP contribution in [0.4, 0.5) is 0 Å². The fourth-order valence-electron chi connectivity index (χ4n) is 2.86. The van der Waals surface area contributed by atoms with Crippen LogP contribution in [0.25, 0.3) is 0 Å². The number of allylic oxidation sites excluding steroid dienone is 2. The van der Waals surface area contributed by atoms with E-state index in [1.165, 1.54) is 36.1 Å². The Morgan fingerprint density at radius 3 is 2.21 bits per heavy atom. The highest BCUT2D eigenvalue weighted by atomic mass is 32.2. The van der Waals surface area contributed by atoms with E-state index in [0.29, 0.717) is 0 Å². The van der Waals surface area contributed by atoms with Crippen LogP contribution in [0.1, 0.15) is 50.2 Å². The molecule has 1 nitrogen and oxygen atoms in total. The van der Waals surface area contributed by atoms with Crippen LogP contribution < -0.4 is 0 Å². The Hall–Kier alpha value is -2.24. The number of hydrogen-bond acceptors (Lipinski definition) is 2. The molecule has 154 valence electrons. The second kappa shape index (κ2) is 16.7. The molecule has 2 aromatic carbocycles. The highest BCUT2D eigenvalue weighted by Gasteiger charge is 2.03. The third-order valence-electron chi connectivity index (χ3n) is 4.67. The van der Waals surface area contributed by atoms with Crippen LogP contribution in [-0.4, -0.2) is 5.75 Å². The summed E-state index contributed by atoms with van der Waals surface area (Å²) in [6.45, 7) is 9.71. The predicted molar refractivity (Wildman–Crippen MR) is 130 cm³/mol. The van der Waals surface area contributed by atoms with E-state index in [0.717, 1.165) is 36.5 Å². The number of benzene rings is 2. The highest BCUT2D eigenvalue weighted by Crippen LogP contribution is 2.19. The summed E-state index contributed by atoms with van der Waals surface area (Å²) < 4.78 is 0. The molecule has 0 N–H and O–H groups in total. The van der Waals surface area contributed by atoms with Crippen molar-refractivity contribution in [3.8, 4) is 6.07 Å². The van der Waals surface area contributed by atoms with Crippen molar-refractivity contribution in [1.29, 1.82) is 5.26 Å². The van der Waals surface area contributed by atoms with Crippen LogP contribution in [0.3, 0.4) is 0 Å². The minimum absolute atomic E-state index is 0.719. The summed E-state index contributed by atoms with van der Waals surface area (Å²) in [5.74, 6) is 3.14. The molecule has 0 heterocycles. The fourth-order valence-corrected chi connectivity index (χ4v) is 4.00. The summed E-state index contributed by atoms with van der Waals surface area (Å²) in [6.07, 6.45) is 8.63. The van der Waals surface area contributed by atoms with E-state index in [4.69, 9.17) is 5.26 Å². The van der Waals surface area contributed by atoms with Gasteiger partial charge in [-0.2, -0.15) is 17.0 Å². The lowest BCUT2D eigenvalue weighted by molar-refractivity contribution is 0.488. The Morgan fingerprint density at radius 1 is 1.00 bits per heavy atom. The summed E-state index contributed by atoms with van der Waals surface area (Å²) in [5, 5.41) is 8.63. The molecular formula is C27H35NS. The van der Waals surface area contributed by atoms with E-state index in [1.807, 2.05) is 36.0 Å². The van der Waals surface area contributed by atoms with Gasteiger partial charge in [0.2, 0.25) is 0 Å². The van der Waals surface area contributed by atoms with Crippen molar-refractivity contribution in [2.45, 2.75) is 51.2 Å². The van der Waals surface area contributed by atoms with Gasteiger partial charge >= 0.3 is 0 Å². The smallest absolute Gasteiger partial charge is 0.0940 e. The van der Waals surface area contributed by atoms with Crippen LogP contribution in [0.15, 0.2) is 85.5 Å². The van der Waals surface area contributed by atoms with Gasteiger partial charge in [-0.15, -0.1) is 6.58 Å². The second-order valence-electron chi connectivity index (χ2n) is 7.37. The van der Waals surface area contributed by atoms with Gasteiger partial charge in [0.25, 0.3) is 0 Å². The molecule has 0 aliphatic carbocycles. The molecule has 2 aromatic rings. The molecule has 0 aliphatic heterocycles. The molecule has 1 atom stereocenters. The molecule has 0 saturated heterocycles. The average Bonchev–Trinajstić information content (AvgIpc) is 2.76. The molecule has 0 spiro atoms. The summed E-state index contributed by atoms with van der Waals surface area (Å²) in [6, 6.07) is 23.1. The molecule has 0 aromatic heterocycles. The minimum Gasteiger partial charge on any atom is -0.193 e. The van der Waals surface area contributed by atoms with E-state index < -0.39 is 0 Å². The Morgan fingerprint density at radius 2 is 1.62 bits per heavy atom. The van der Waals surface area contributed by atoms with Crippen LogP contribution >= 0.6 is 11.8 Å². The van der Waals surface area contributed by atoms with Crippen molar-refractivity contribution in [3.63, 3.8) is 0 Å². The van der Waals surface area contributed by atoms with Gasteiger partial charge in [-0.3, -0.25) is 0 Å². The van der Waals surface area contributed by atoms with Gasteiger partial charge in [0.05, 0.1) is 6.07 Å². The second-order valence-corrected chi connectivity index (χ2v) is 8.48. The number of nitriles is 1. The molecule has 1 unspecified atom stereocenters. The van der Waals surface area contributed by atoms with Gasteiger partial charge in [0.15, 0.2) is 0 Å². The molecule has 0 fully saturated rings. The standard InChI is InChI=1S/C18H25NS.C9H10/c1-16(8-6-7-9-17(2)14-19)12-13-20-15-18-10-4-3-5-11-18;1-2-6-9-7-4-3-5-8-9/h3-5,10-11,16H,2,6-9,12-13,15H2,1H3;2-5,7-8H,1,6H2. The minimum atomic E-state index is 0.719. The third-order valence-corrected chi connectivity index (χ3v) is 5.73. The normalized spacial score (nSPS) is 10.9. The quantitative estimate of drug-likeness (QED) is 0.203. The van der Waals surface area contributed by atoms with E-state index in [-0.39, 0.29) is 0 Å². The van der Waals surface area contributed by atoms with Gasteiger partial charge in [-0.1, -0.05) is 93.1 Å². The molecule has 2 heteroatoms. The van der Waals surface area contributed by atoms with Crippen molar-refractivity contribution in [1.82, 2.24) is 0 Å². The number of unbranched alkanes of at least 4 members (excludes halogenated alkanes) is 1. The van der Waals surface area contributed by atoms with Crippen molar-refractivity contribution in [2.24, 2.45) is 5.92 Å². The zero-order chi connectivity index (χ0) is 21.2. The molecular weight excluding hydrogens is 370 g/mol. The third kappa shape index (κ3) is 13.6. The highest BCUT2D eigenvalue weighted by molar-refractivity contribution is 7.98. The van der Waals surface area contributed by atoms with Crippen LogP contribution in [0.2, 0.25) is 0 Å². The van der Waals surface area contributed by atoms with Crippen LogP contribution in [-0.2, 0) is 12.2 Å². The largest absolute Gasteiger partial charge is 0.193 e. The molecule has 2 rings (SSSR count). The topological polar surface area (TPSA) is 23.8 Å². The maximum atomic E-state index is 8.63. The first-order chi connectivity index (χ1) is 14.2. The lowest BCUT2D eigenvalue weighted by Crippen LogP contribution is -1.97. The molecule has 0 saturated carbocycles. The maximum Gasteiger partial charge on any atom is 0.0940 e. The molecule has 0 radical (unpaired) electrons. The molecule has 0 bridgehead atoms. The van der Waals surface area contributed by atoms with Crippen LogP contribution in [0, 0.1) is 17.2 Å². The van der Waals surface area contributed by atoms with Gasteiger partial charge in [-0.25, -0.2) is 0 Å². The van der Waals surface area contributed by atoms with Gasteiger partial charge in [-0.05, 0) is 48.5 Å². The molecule has 29 heavy (non-hydrogen) atoms. The first-order valence-corrected chi connectivity index (χ1v) is 11.7. The monoisotopic (exact) mass is 405 g/mol. The number of hydrogen-bond donors (Lipinski definition) is 0. The summed E-state index contributed by atoms with van der Waals surface area (Å²) >= 11 is 2.03. The van der Waals surface area contributed by atoms with E-state index in [1.54, 1.807) is 0 Å². The number of rotatable bonds is 12. The zero-order valence-electron chi connectivity index (χ0n) is 17.9.